The van der Waals surface area contributed by atoms with Crippen molar-refractivity contribution in [3.05, 3.63) is 24.2 Å². The molecule has 0 bridgehead atoms. The SMILES string of the molecule is Cn1nnnc1NCc1ccco1. The van der Waals surface area contributed by atoms with E-state index in [9.17, 15) is 0 Å². The second-order valence-corrected chi connectivity index (χ2v) is 2.56. The van der Waals surface area contributed by atoms with E-state index >= 15 is 0 Å². The lowest BCUT2D eigenvalue weighted by atomic mass is 10.4. The molecule has 0 aliphatic rings. The molecule has 0 aromatic carbocycles. The number of aryl methyl sites for hydroxylation is 1. The molecule has 0 saturated heterocycles. The van der Waals surface area contributed by atoms with Crippen molar-refractivity contribution >= 4 is 5.95 Å². The molecule has 1 N–H and O–H groups in total. The second-order valence-electron chi connectivity index (χ2n) is 2.56. The topological polar surface area (TPSA) is 68.8 Å². The molecule has 0 aliphatic carbocycles. The van der Waals surface area contributed by atoms with E-state index in [0.717, 1.165) is 5.76 Å². The molecule has 0 spiro atoms. The number of nitrogens with zero attached hydrogens (tertiary/aromatic N) is 4. The third kappa shape index (κ3) is 1.66. The summed E-state index contributed by atoms with van der Waals surface area (Å²) in [7, 11) is 1.77. The molecule has 13 heavy (non-hydrogen) atoms. The van der Waals surface area contributed by atoms with Gasteiger partial charge in [-0.15, -0.1) is 0 Å². The molecule has 0 unspecified atom stereocenters. The summed E-state index contributed by atoms with van der Waals surface area (Å²) in [5.41, 5.74) is 0. The Labute approximate surface area is 74.5 Å². The number of rotatable bonds is 3. The number of tetrazole rings is 1. The average molecular weight is 179 g/mol. The Hall–Kier alpha value is -1.85. The van der Waals surface area contributed by atoms with E-state index < -0.39 is 0 Å². The molecule has 6 heteroatoms. The van der Waals surface area contributed by atoms with Gasteiger partial charge in [0, 0.05) is 7.05 Å². The fourth-order valence-corrected chi connectivity index (χ4v) is 0.959. The van der Waals surface area contributed by atoms with Crippen molar-refractivity contribution in [3.8, 4) is 0 Å². The third-order valence-electron chi connectivity index (χ3n) is 1.62. The number of aromatic nitrogens is 4. The second kappa shape index (κ2) is 3.26. The van der Waals surface area contributed by atoms with Crippen molar-refractivity contribution in [3.63, 3.8) is 0 Å². The van der Waals surface area contributed by atoms with Crippen molar-refractivity contribution < 1.29 is 4.42 Å². The van der Waals surface area contributed by atoms with Crippen LogP contribution >= 0.6 is 0 Å². The summed E-state index contributed by atoms with van der Waals surface area (Å²) in [4.78, 5) is 0. The van der Waals surface area contributed by atoms with Gasteiger partial charge in [-0.3, -0.25) is 0 Å². The predicted octanol–water partition coefficient (Wildman–Crippen LogP) is 0.415. The fourth-order valence-electron chi connectivity index (χ4n) is 0.959. The molecule has 0 saturated carbocycles. The molecule has 2 aromatic heterocycles. The van der Waals surface area contributed by atoms with Gasteiger partial charge in [-0.2, -0.15) is 0 Å². The summed E-state index contributed by atoms with van der Waals surface area (Å²) in [5, 5.41) is 14.0. The molecule has 0 atom stereocenters. The maximum absolute atomic E-state index is 5.13. The molecule has 2 heterocycles. The lowest BCUT2D eigenvalue weighted by molar-refractivity contribution is 0.517. The highest BCUT2D eigenvalue weighted by Gasteiger charge is 2.01. The van der Waals surface area contributed by atoms with Crippen LogP contribution in [0.2, 0.25) is 0 Å². The van der Waals surface area contributed by atoms with Crippen molar-refractivity contribution in [2.45, 2.75) is 6.54 Å². The van der Waals surface area contributed by atoms with Gasteiger partial charge < -0.3 is 9.73 Å². The van der Waals surface area contributed by atoms with Gasteiger partial charge in [-0.25, -0.2) is 4.68 Å². The minimum Gasteiger partial charge on any atom is -0.467 e. The molecular formula is C7H9N5O. The average Bonchev–Trinajstić information content (AvgIpc) is 2.72. The van der Waals surface area contributed by atoms with Crippen LogP contribution in [0, 0.1) is 0 Å². The van der Waals surface area contributed by atoms with Crippen LogP contribution in [0.3, 0.4) is 0 Å². The number of hydrogen-bond acceptors (Lipinski definition) is 5. The summed E-state index contributed by atoms with van der Waals surface area (Å²) >= 11 is 0. The predicted molar refractivity (Wildman–Crippen MR) is 44.8 cm³/mol. The van der Waals surface area contributed by atoms with Gasteiger partial charge in [0.1, 0.15) is 5.76 Å². The Kier molecular flexibility index (Phi) is 1.95. The molecular weight excluding hydrogens is 170 g/mol. The van der Waals surface area contributed by atoms with Crippen LogP contribution in [0.25, 0.3) is 0 Å². The van der Waals surface area contributed by atoms with E-state index in [1.807, 2.05) is 12.1 Å². The van der Waals surface area contributed by atoms with Crippen LogP contribution in [0.15, 0.2) is 22.8 Å². The molecule has 2 rings (SSSR count). The molecule has 6 nitrogen and oxygen atoms in total. The van der Waals surface area contributed by atoms with Crippen molar-refractivity contribution in [2.75, 3.05) is 5.32 Å². The van der Waals surface area contributed by atoms with Crippen LogP contribution in [-0.4, -0.2) is 20.2 Å². The van der Waals surface area contributed by atoms with Gasteiger partial charge in [0.15, 0.2) is 0 Å². The number of furan rings is 1. The normalized spacial score (nSPS) is 10.2. The van der Waals surface area contributed by atoms with Crippen LogP contribution in [0.5, 0.6) is 0 Å². The number of nitrogens with one attached hydrogen (secondary N) is 1. The van der Waals surface area contributed by atoms with Gasteiger partial charge in [-0.1, -0.05) is 5.10 Å². The Morgan fingerprint density at radius 2 is 2.54 bits per heavy atom. The smallest absolute Gasteiger partial charge is 0.243 e. The summed E-state index contributed by atoms with van der Waals surface area (Å²) < 4.78 is 6.69. The lowest BCUT2D eigenvalue weighted by Gasteiger charge is -1.99. The van der Waals surface area contributed by atoms with Gasteiger partial charge in [-0.05, 0) is 22.6 Å². The highest BCUT2D eigenvalue weighted by Crippen LogP contribution is 2.03. The van der Waals surface area contributed by atoms with E-state index in [0.29, 0.717) is 12.5 Å². The largest absolute Gasteiger partial charge is 0.467 e. The number of anilines is 1. The Bertz CT molecular complexity index is 366. The van der Waals surface area contributed by atoms with Gasteiger partial charge >= 0.3 is 0 Å². The Balaban J connectivity index is 1.97. The lowest BCUT2D eigenvalue weighted by Crippen LogP contribution is -2.04. The van der Waals surface area contributed by atoms with Crippen molar-refractivity contribution in [1.82, 2.24) is 20.2 Å². The minimum atomic E-state index is 0.585. The zero-order valence-corrected chi connectivity index (χ0v) is 7.14. The third-order valence-corrected chi connectivity index (χ3v) is 1.62. The molecule has 0 radical (unpaired) electrons. The first-order valence-electron chi connectivity index (χ1n) is 3.85. The van der Waals surface area contributed by atoms with Crippen LogP contribution < -0.4 is 5.32 Å². The van der Waals surface area contributed by atoms with E-state index in [4.69, 9.17) is 4.42 Å². The van der Waals surface area contributed by atoms with E-state index in [1.165, 1.54) is 0 Å². The van der Waals surface area contributed by atoms with Crippen molar-refractivity contribution in [1.29, 1.82) is 0 Å². The van der Waals surface area contributed by atoms with Crippen LogP contribution in [0.4, 0.5) is 5.95 Å². The summed E-state index contributed by atoms with van der Waals surface area (Å²) in [6.07, 6.45) is 1.63. The zero-order chi connectivity index (χ0) is 9.10. The van der Waals surface area contributed by atoms with E-state index in [2.05, 4.69) is 20.8 Å². The highest BCUT2D eigenvalue weighted by molar-refractivity contribution is 5.22. The molecule has 0 amide bonds. The zero-order valence-electron chi connectivity index (χ0n) is 7.14. The van der Waals surface area contributed by atoms with Gasteiger partial charge in [0.2, 0.25) is 5.95 Å². The summed E-state index contributed by atoms with van der Waals surface area (Å²) in [5.74, 6) is 1.47. The maximum Gasteiger partial charge on any atom is 0.243 e. The van der Waals surface area contributed by atoms with Crippen molar-refractivity contribution in [2.24, 2.45) is 7.05 Å². The van der Waals surface area contributed by atoms with Gasteiger partial charge in [0.25, 0.3) is 0 Å². The first-order chi connectivity index (χ1) is 6.36. The molecule has 68 valence electrons. The van der Waals surface area contributed by atoms with Crippen LogP contribution in [0.1, 0.15) is 5.76 Å². The number of hydrogen-bond donors (Lipinski definition) is 1. The van der Waals surface area contributed by atoms with E-state index in [-0.39, 0.29) is 0 Å². The first-order valence-corrected chi connectivity index (χ1v) is 3.85. The highest BCUT2D eigenvalue weighted by atomic mass is 16.3. The maximum atomic E-state index is 5.13. The minimum absolute atomic E-state index is 0.585. The Morgan fingerprint density at radius 3 is 3.15 bits per heavy atom. The summed E-state index contributed by atoms with van der Waals surface area (Å²) in [6.45, 7) is 0.585. The van der Waals surface area contributed by atoms with E-state index in [1.54, 1.807) is 18.0 Å². The van der Waals surface area contributed by atoms with Gasteiger partial charge in [0.05, 0.1) is 12.8 Å². The Morgan fingerprint density at radius 1 is 1.62 bits per heavy atom. The molecule has 0 aliphatic heterocycles. The fraction of sp³-hybridized carbons (Fsp3) is 0.286. The molecule has 2 aromatic rings. The first kappa shape index (κ1) is 7.78. The monoisotopic (exact) mass is 179 g/mol. The summed E-state index contributed by atoms with van der Waals surface area (Å²) in [6, 6.07) is 3.72. The van der Waals surface area contributed by atoms with Crippen LogP contribution in [-0.2, 0) is 13.6 Å². The molecule has 0 fully saturated rings. The quantitative estimate of drug-likeness (QED) is 0.739. The standard InChI is InChI=1S/C7H9N5O/c1-12-7(9-10-11-12)8-5-6-3-2-4-13-6/h2-4H,5H2,1H3,(H,8,9,11).